The number of benzene rings is 3. The van der Waals surface area contributed by atoms with E-state index in [4.69, 9.17) is 9.47 Å². The summed E-state index contributed by atoms with van der Waals surface area (Å²) in [5.41, 5.74) is -1.40. The van der Waals surface area contributed by atoms with Gasteiger partial charge in [-0.1, -0.05) is 24.3 Å². The number of halogens is 6. The average Bonchev–Trinajstić information content (AvgIpc) is 2.85. The minimum Gasteiger partial charge on any atom is -0.493 e. The van der Waals surface area contributed by atoms with Gasteiger partial charge < -0.3 is 14.4 Å². The Labute approximate surface area is 203 Å². The molecule has 10 heteroatoms. The highest BCUT2D eigenvalue weighted by Crippen LogP contribution is 2.43. The van der Waals surface area contributed by atoms with Crippen LogP contribution < -0.4 is 9.47 Å². The van der Waals surface area contributed by atoms with E-state index in [-0.39, 0.29) is 24.3 Å². The molecule has 36 heavy (non-hydrogen) atoms. The Morgan fingerprint density at radius 3 is 2.17 bits per heavy atom. The number of ether oxygens (including phenoxy) is 2. The van der Waals surface area contributed by atoms with Crippen molar-refractivity contribution in [2.45, 2.75) is 24.8 Å². The summed E-state index contributed by atoms with van der Waals surface area (Å²) in [7, 11) is 2.82. The van der Waals surface area contributed by atoms with Gasteiger partial charge in [0.15, 0.2) is 11.5 Å². The van der Waals surface area contributed by atoms with Gasteiger partial charge in [0.2, 0.25) is 0 Å². The summed E-state index contributed by atoms with van der Waals surface area (Å²) in [6.07, 6.45) is -9.18. The van der Waals surface area contributed by atoms with E-state index in [0.29, 0.717) is 16.9 Å². The maximum Gasteiger partial charge on any atom is 0.417 e. The molecule has 0 fully saturated rings. The summed E-state index contributed by atoms with van der Waals surface area (Å²) < 4.78 is 92.2. The Hall–Kier alpha value is -3.69. The van der Waals surface area contributed by atoms with E-state index >= 15 is 0 Å². The molecular weight excluding hydrogens is 488 g/mol. The summed E-state index contributed by atoms with van der Waals surface area (Å²) in [5, 5.41) is 0. The zero-order valence-corrected chi connectivity index (χ0v) is 19.2. The Balaban J connectivity index is 1.91. The third-order valence-corrected chi connectivity index (χ3v) is 6.13. The first-order valence-electron chi connectivity index (χ1n) is 10.8. The van der Waals surface area contributed by atoms with Crippen LogP contribution in [0.2, 0.25) is 0 Å². The van der Waals surface area contributed by atoms with Crippen LogP contribution in [0.1, 0.15) is 44.2 Å². The molecule has 0 radical (unpaired) electrons. The quantitative estimate of drug-likeness (QED) is 0.376. The van der Waals surface area contributed by atoms with E-state index in [1.54, 1.807) is 12.1 Å². The SMILES string of the molecule is COc1cc2c(cc1OC)C(c1cccc(C(F)(F)F)c1)N(C(=O)c1ccccc1C(F)(F)F)CC2. The van der Waals surface area contributed by atoms with Crippen LogP contribution >= 0.6 is 0 Å². The summed E-state index contributed by atoms with van der Waals surface area (Å²) >= 11 is 0. The number of hydrogen-bond donors (Lipinski definition) is 0. The van der Waals surface area contributed by atoms with Gasteiger partial charge in [0.25, 0.3) is 5.91 Å². The minimum absolute atomic E-state index is 0.0194. The van der Waals surface area contributed by atoms with Crippen molar-refractivity contribution in [2.75, 3.05) is 20.8 Å². The normalized spacial score (nSPS) is 15.9. The zero-order valence-electron chi connectivity index (χ0n) is 19.2. The van der Waals surface area contributed by atoms with Crippen molar-refractivity contribution in [2.24, 2.45) is 0 Å². The smallest absolute Gasteiger partial charge is 0.417 e. The van der Waals surface area contributed by atoms with Crippen LogP contribution in [0, 0.1) is 0 Å². The Morgan fingerprint density at radius 1 is 0.861 bits per heavy atom. The Kier molecular flexibility index (Phi) is 6.64. The van der Waals surface area contributed by atoms with Crippen LogP contribution in [0.15, 0.2) is 60.7 Å². The van der Waals surface area contributed by atoms with Crippen LogP contribution in [0.4, 0.5) is 26.3 Å². The first-order valence-corrected chi connectivity index (χ1v) is 10.8. The summed E-state index contributed by atoms with van der Waals surface area (Å²) in [6.45, 7) is -0.0194. The highest BCUT2D eigenvalue weighted by molar-refractivity contribution is 5.96. The lowest BCUT2D eigenvalue weighted by Crippen LogP contribution is -2.41. The summed E-state index contributed by atoms with van der Waals surface area (Å²) in [5.74, 6) is -0.273. The average molecular weight is 509 g/mol. The van der Waals surface area contributed by atoms with Crippen molar-refractivity contribution < 1.29 is 40.6 Å². The second-order valence-corrected chi connectivity index (χ2v) is 8.22. The first kappa shape index (κ1) is 25.4. The molecule has 1 heterocycles. The van der Waals surface area contributed by atoms with Crippen LogP contribution in [0.25, 0.3) is 0 Å². The van der Waals surface area contributed by atoms with E-state index in [0.717, 1.165) is 24.3 Å². The molecule has 1 aliphatic heterocycles. The molecule has 3 aromatic carbocycles. The lowest BCUT2D eigenvalue weighted by atomic mass is 9.86. The van der Waals surface area contributed by atoms with Crippen molar-refractivity contribution in [3.05, 3.63) is 94.0 Å². The third kappa shape index (κ3) is 4.72. The van der Waals surface area contributed by atoms with Gasteiger partial charge in [-0.3, -0.25) is 4.79 Å². The van der Waals surface area contributed by atoms with Gasteiger partial charge in [-0.2, -0.15) is 26.3 Å². The molecule has 4 nitrogen and oxygen atoms in total. The van der Waals surface area contributed by atoms with Crippen molar-refractivity contribution in [3.8, 4) is 11.5 Å². The van der Waals surface area contributed by atoms with E-state index in [1.165, 1.54) is 43.4 Å². The fourth-order valence-corrected chi connectivity index (χ4v) is 4.48. The second-order valence-electron chi connectivity index (χ2n) is 8.22. The topological polar surface area (TPSA) is 38.8 Å². The van der Waals surface area contributed by atoms with E-state index < -0.39 is 41.0 Å². The molecule has 0 spiro atoms. The third-order valence-electron chi connectivity index (χ3n) is 6.13. The molecule has 0 aromatic heterocycles. The number of methoxy groups -OCH3 is 2. The van der Waals surface area contributed by atoms with Gasteiger partial charge in [-0.25, -0.2) is 0 Å². The number of carbonyl (C=O) groups excluding carboxylic acids is 1. The number of alkyl halides is 6. The predicted molar refractivity (Wildman–Crippen MR) is 119 cm³/mol. The van der Waals surface area contributed by atoms with Crippen molar-refractivity contribution >= 4 is 5.91 Å². The maximum atomic E-state index is 13.7. The molecule has 0 bridgehead atoms. The van der Waals surface area contributed by atoms with E-state index in [1.807, 2.05) is 0 Å². The zero-order chi connectivity index (χ0) is 26.3. The molecule has 3 aromatic rings. The Bertz CT molecular complexity index is 1290. The number of fused-ring (bicyclic) bond motifs is 1. The van der Waals surface area contributed by atoms with Crippen LogP contribution in [0.3, 0.4) is 0 Å². The highest BCUT2D eigenvalue weighted by Gasteiger charge is 2.40. The number of nitrogens with zero attached hydrogens (tertiary/aromatic N) is 1. The number of amides is 1. The van der Waals surface area contributed by atoms with Crippen molar-refractivity contribution in [1.82, 2.24) is 4.90 Å². The lowest BCUT2D eigenvalue weighted by molar-refractivity contribution is -0.138. The van der Waals surface area contributed by atoms with Gasteiger partial charge >= 0.3 is 12.4 Å². The molecular formula is C26H21F6NO3. The molecule has 1 unspecified atom stereocenters. The maximum absolute atomic E-state index is 13.7. The van der Waals surface area contributed by atoms with Gasteiger partial charge in [0.05, 0.1) is 37.0 Å². The minimum atomic E-state index is -4.79. The monoisotopic (exact) mass is 509 g/mol. The summed E-state index contributed by atoms with van der Waals surface area (Å²) in [4.78, 5) is 14.7. The Morgan fingerprint density at radius 2 is 1.53 bits per heavy atom. The predicted octanol–water partition coefficient (Wildman–Crippen LogP) is 6.53. The molecule has 0 aliphatic carbocycles. The van der Waals surface area contributed by atoms with Gasteiger partial charge in [0, 0.05) is 6.54 Å². The molecule has 0 N–H and O–H groups in total. The van der Waals surface area contributed by atoms with Crippen molar-refractivity contribution in [3.63, 3.8) is 0 Å². The standard InChI is InChI=1S/C26H21F6NO3/c1-35-21-13-15-10-11-33(24(34)18-8-3-4-9-20(18)26(30,31)32)23(19(15)14-22(21)36-2)16-6-5-7-17(12-16)25(27,28)29/h3-9,12-14,23H,10-11H2,1-2H3. The summed E-state index contributed by atoms with van der Waals surface area (Å²) in [6, 6.07) is 10.9. The fourth-order valence-electron chi connectivity index (χ4n) is 4.48. The van der Waals surface area contributed by atoms with E-state index in [2.05, 4.69) is 0 Å². The fraction of sp³-hybridized carbons (Fsp3) is 0.269. The first-order chi connectivity index (χ1) is 17.0. The molecule has 0 saturated heterocycles. The molecule has 1 aliphatic rings. The van der Waals surface area contributed by atoms with Gasteiger partial charge in [0.1, 0.15) is 0 Å². The number of carbonyl (C=O) groups is 1. The van der Waals surface area contributed by atoms with Gasteiger partial charge in [-0.05, 0) is 59.5 Å². The second kappa shape index (κ2) is 9.40. The number of rotatable bonds is 4. The highest BCUT2D eigenvalue weighted by atomic mass is 19.4. The largest absolute Gasteiger partial charge is 0.493 e. The molecule has 0 saturated carbocycles. The lowest BCUT2D eigenvalue weighted by Gasteiger charge is -2.38. The van der Waals surface area contributed by atoms with E-state index in [9.17, 15) is 31.1 Å². The van der Waals surface area contributed by atoms with Crippen LogP contribution in [-0.2, 0) is 18.8 Å². The molecule has 1 atom stereocenters. The van der Waals surface area contributed by atoms with Crippen molar-refractivity contribution in [1.29, 1.82) is 0 Å². The van der Waals surface area contributed by atoms with Crippen LogP contribution in [0.5, 0.6) is 11.5 Å². The number of hydrogen-bond acceptors (Lipinski definition) is 3. The van der Waals surface area contributed by atoms with Crippen LogP contribution in [-0.4, -0.2) is 31.6 Å². The molecule has 4 rings (SSSR count). The van der Waals surface area contributed by atoms with Gasteiger partial charge in [-0.15, -0.1) is 0 Å². The molecule has 190 valence electrons. The molecule has 1 amide bonds.